The summed E-state index contributed by atoms with van der Waals surface area (Å²) in [5, 5.41) is 17.3. The first-order valence-corrected chi connectivity index (χ1v) is 15.6. The summed E-state index contributed by atoms with van der Waals surface area (Å²) in [6.07, 6.45) is 4.07. The number of aromatic nitrogens is 4. The van der Waals surface area contributed by atoms with Crippen LogP contribution in [0.2, 0.25) is 0 Å². The van der Waals surface area contributed by atoms with Crippen LogP contribution in [-0.2, 0) is 7.05 Å². The number of aryl methyl sites for hydroxylation is 2. The van der Waals surface area contributed by atoms with E-state index in [1.807, 2.05) is 60.3 Å². The third-order valence-electron chi connectivity index (χ3n) is 6.71. The van der Waals surface area contributed by atoms with Crippen molar-refractivity contribution in [2.24, 2.45) is 7.05 Å². The Kier molecular flexibility index (Phi) is 7.69. The number of rotatable bonds is 9. The Morgan fingerprint density at radius 2 is 1.87 bits per heavy atom. The van der Waals surface area contributed by atoms with Crippen LogP contribution in [0.5, 0.6) is 0 Å². The minimum atomic E-state index is -0.349. The highest BCUT2D eigenvalue weighted by molar-refractivity contribution is 14.2. The van der Waals surface area contributed by atoms with E-state index in [-0.39, 0.29) is 10.6 Å². The van der Waals surface area contributed by atoms with E-state index in [4.69, 9.17) is 9.97 Å². The van der Waals surface area contributed by atoms with Gasteiger partial charge in [0.05, 0.1) is 10.6 Å². The van der Waals surface area contributed by atoms with Crippen LogP contribution in [0.15, 0.2) is 54.9 Å². The summed E-state index contributed by atoms with van der Waals surface area (Å²) in [7, 11) is 9.37. The minimum Gasteiger partial charge on any atom is -0.368 e. The largest absolute Gasteiger partial charge is 0.368 e. The van der Waals surface area contributed by atoms with E-state index in [9.17, 15) is 10.1 Å². The van der Waals surface area contributed by atoms with Gasteiger partial charge in [0.25, 0.3) is 5.69 Å². The lowest BCUT2D eigenvalue weighted by molar-refractivity contribution is -0.384. The van der Waals surface area contributed by atoms with E-state index in [0.717, 1.165) is 39.7 Å². The quantitative estimate of drug-likeness (QED) is 0.111. The Bertz CT molecular complexity index is 1700. The van der Waals surface area contributed by atoms with Gasteiger partial charge in [0, 0.05) is 104 Å². The molecule has 0 atom stereocenters. The first-order chi connectivity index (χ1) is 18.7. The Morgan fingerprint density at radius 3 is 2.59 bits per heavy atom. The molecule has 1 N–H and O–H groups in total. The summed E-state index contributed by atoms with van der Waals surface area (Å²) in [5.41, 5.74) is 5.99. The molecule has 0 radical (unpaired) electrons. The van der Waals surface area contributed by atoms with Gasteiger partial charge in [0.15, 0.2) is 5.65 Å². The summed E-state index contributed by atoms with van der Waals surface area (Å²) in [6, 6.07) is 13.6. The molecule has 0 saturated heterocycles. The number of hydrogen-bond donors (Lipinski definition) is 1. The average molecular weight is 657 g/mol. The molecule has 0 amide bonds. The Morgan fingerprint density at radius 1 is 1.08 bits per heavy atom. The molecule has 10 nitrogen and oxygen atoms in total. The van der Waals surface area contributed by atoms with Crippen LogP contribution >= 0.6 is 30.3 Å². The van der Waals surface area contributed by atoms with Crippen molar-refractivity contribution in [3.63, 3.8) is 0 Å². The number of benzene rings is 2. The van der Waals surface area contributed by atoms with Crippen LogP contribution in [-0.4, -0.2) is 62.6 Å². The zero-order chi connectivity index (χ0) is 27.8. The molecular weight excluding hydrogens is 627 g/mol. The summed E-state index contributed by atoms with van der Waals surface area (Å²) in [5.74, 6) is 0.371. The van der Waals surface area contributed by atoms with Crippen molar-refractivity contribution < 1.29 is 4.92 Å². The molecule has 5 aromatic rings. The first kappa shape index (κ1) is 27.2. The molecule has 2 aromatic carbocycles. The molecular formula is C27H29IN8O2S. The molecule has 0 aliphatic heterocycles. The summed E-state index contributed by atoms with van der Waals surface area (Å²) in [6.45, 7) is 3.53. The molecule has 0 aliphatic carbocycles. The molecule has 5 rings (SSSR count). The smallest absolute Gasteiger partial charge is 0.294 e. The normalized spacial score (nSPS) is 11.6. The van der Waals surface area contributed by atoms with Gasteiger partial charge < -0.3 is 19.7 Å². The minimum absolute atomic E-state index is 0.0262. The van der Waals surface area contributed by atoms with E-state index in [1.54, 1.807) is 12.1 Å². The Hall–Kier alpha value is -3.36. The molecule has 0 unspecified atom stereocenters. The number of nitro groups is 1. The predicted octanol–water partition coefficient (Wildman–Crippen LogP) is 6.39. The molecule has 0 aliphatic rings. The fourth-order valence-corrected chi connectivity index (χ4v) is 5.94. The predicted molar refractivity (Wildman–Crippen MR) is 169 cm³/mol. The van der Waals surface area contributed by atoms with E-state index >= 15 is 0 Å². The molecule has 0 fully saturated rings. The van der Waals surface area contributed by atoms with Gasteiger partial charge in [-0.05, 0) is 51.4 Å². The highest BCUT2D eigenvalue weighted by Crippen LogP contribution is 2.37. The molecule has 0 spiro atoms. The lowest BCUT2D eigenvalue weighted by atomic mass is 10.1. The number of nitro benzene ring substituents is 1. The second-order valence-corrected chi connectivity index (χ2v) is 11.5. The van der Waals surface area contributed by atoms with Gasteiger partial charge in [-0.25, -0.2) is 4.98 Å². The van der Waals surface area contributed by atoms with Crippen LogP contribution in [0.1, 0.15) is 5.56 Å². The van der Waals surface area contributed by atoms with Crippen molar-refractivity contribution in [2.45, 2.75) is 6.92 Å². The number of halogens is 1. The standard InChI is InChI=1S/C27H29IN8O2S/c1-17-6-8-22-20(14-17)21(16-34(22)5)25-19-10-11-35(39-28)26(19)31-27(30-25)29-18-7-9-23(24(15-18)36(37)38)33(4)13-12-32(2)3/h6-11,14-16H,12-13H2,1-5H3,(H,29,30,31). The number of hydrogen-bond acceptors (Lipinski definition) is 8. The topological polar surface area (TPSA) is 97.3 Å². The van der Waals surface area contributed by atoms with Crippen LogP contribution in [0.3, 0.4) is 0 Å². The van der Waals surface area contributed by atoms with Gasteiger partial charge in [-0.2, -0.15) is 4.98 Å². The van der Waals surface area contributed by atoms with Crippen molar-refractivity contribution in [1.29, 1.82) is 0 Å². The maximum absolute atomic E-state index is 12.0. The van der Waals surface area contributed by atoms with Crippen LogP contribution in [0.4, 0.5) is 23.0 Å². The lowest BCUT2D eigenvalue weighted by Gasteiger charge is -2.21. The van der Waals surface area contributed by atoms with Gasteiger partial charge in [0.2, 0.25) is 5.95 Å². The van der Waals surface area contributed by atoms with E-state index in [1.165, 1.54) is 14.7 Å². The van der Waals surface area contributed by atoms with Crippen molar-refractivity contribution in [1.82, 2.24) is 23.4 Å². The maximum Gasteiger partial charge on any atom is 0.294 e. The Labute approximate surface area is 242 Å². The zero-order valence-corrected chi connectivity index (χ0v) is 25.3. The molecule has 39 heavy (non-hydrogen) atoms. The zero-order valence-electron chi connectivity index (χ0n) is 22.3. The third kappa shape index (κ3) is 5.40. The third-order valence-corrected chi connectivity index (χ3v) is 8.42. The average Bonchev–Trinajstić information content (AvgIpc) is 3.46. The van der Waals surface area contributed by atoms with E-state index in [0.29, 0.717) is 23.9 Å². The SMILES string of the molecule is Cc1ccc2c(c1)c(-c1nc(Nc3ccc(N(C)CCN(C)C)c([N+](=O)[O-])c3)nc3c1ccn3SI)cn2C. The van der Waals surface area contributed by atoms with Gasteiger partial charge in [-0.1, -0.05) is 11.6 Å². The number of likely N-dealkylation sites (N-methyl/N-ethyl adjacent to an activating group) is 2. The molecule has 0 saturated carbocycles. The van der Waals surface area contributed by atoms with Gasteiger partial charge in [-0.3, -0.25) is 14.1 Å². The van der Waals surface area contributed by atoms with E-state index < -0.39 is 0 Å². The second-order valence-electron chi connectivity index (χ2n) is 9.83. The second kappa shape index (κ2) is 11.0. The van der Waals surface area contributed by atoms with Crippen molar-refractivity contribution in [3.8, 4) is 11.3 Å². The summed E-state index contributed by atoms with van der Waals surface area (Å²) < 4.78 is 4.08. The molecule has 3 aromatic heterocycles. The van der Waals surface area contributed by atoms with Crippen LogP contribution in [0.25, 0.3) is 33.2 Å². The molecule has 3 heterocycles. The monoisotopic (exact) mass is 656 g/mol. The Balaban J connectivity index is 1.59. The maximum atomic E-state index is 12.0. The number of fused-ring (bicyclic) bond motifs is 2. The summed E-state index contributed by atoms with van der Waals surface area (Å²) >= 11 is 2.23. The number of nitrogens with one attached hydrogen (secondary N) is 1. The van der Waals surface area contributed by atoms with Gasteiger partial charge >= 0.3 is 0 Å². The van der Waals surface area contributed by atoms with Crippen LogP contribution < -0.4 is 10.2 Å². The highest BCUT2D eigenvalue weighted by Gasteiger charge is 2.21. The lowest BCUT2D eigenvalue weighted by Crippen LogP contribution is -2.28. The van der Waals surface area contributed by atoms with Crippen LogP contribution in [0, 0.1) is 17.0 Å². The molecule has 12 heteroatoms. The van der Waals surface area contributed by atoms with Gasteiger partial charge in [0.1, 0.15) is 5.69 Å². The molecule has 0 bridgehead atoms. The fraction of sp³-hybridized carbons (Fsp3) is 0.259. The highest BCUT2D eigenvalue weighted by atomic mass is 127. The molecule has 202 valence electrons. The van der Waals surface area contributed by atoms with Crippen molar-refractivity contribution >= 4 is 75.3 Å². The number of nitrogens with zero attached hydrogens (tertiary/aromatic N) is 7. The van der Waals surface area contributed by atoms with Gasteiger partial charge in [-0.15, -0.1) is 0 Å². The van der Waals surface area contributed by atoms with E-state index in [2.05, 4.69) is 62.4 Å². The summed E-state index contributed by atoms with van der Waals surface area (Å²) in [4.78, 5) is 25.3. The number of anilines is 3. The van der Waals surface area contributed by atoms with Crippen molar-refractivity contribution in [2.75, 3.05) is 44.4 Å². The van der Waals surface area contributed by atoms with Crippen molar-refractivity contribution in [3.05, 3.63) is 70.5 Å². The first-order valence-electron chi connectivity index (χ1n) is 12.3. The fourth-order valence-electron chi connectivity index (χ4n) is 4.67.